The van der Waals surface area contributed by atoms with Crippen LogP contribution in [0.3, 0.4) is 0 Å². The Morgan fingerprint density at radius 3 is 2.47 bits per heavy atom. The van der Waals surface area contributed by atoms with E-state index in [1.54, 1.807) is 25.3 Å². The number of benzene rings is 3. The second kappa shape index (κ2) is 11.3. The normalized spacial score (nSPS) is 10.9. The van der Waals surface area contributed by atoms with Gasteiger partial charge in [0.2, 0.25) is 0 Å². The fourth-order valence-electron chi connectivity index (χ4n) is 3.35. The molecule has 0 unspecified atom stereocenters. The lowest BCUT2D eigenvalue weighted by molar-refractivity contribution is -0.255. The molecule has 10 heteroatoms. The number of aromatic nitrogens is 3. The van der Waals surface area contributed by atoms with Crippen molar-refractivity contribution in [3.05, 3.63) is 89.5 Å². The highest BCUT2D eigenvalue weighted by Crippen LogP contribution is 2.29. The summed E-state index contributed by atoms with van der Waals surface area (Å²) in [6, 6.07) is 21.6. The number of nitrogens with zero attached hydrogens (tertiary/aromatic N) is 4. The zero-order valence-corrected chi connectivity index (χ0v) is 20.4. The number of ether oxygens (including phenoxy) is 1. The SMILES string of the molecule is COc1ccc(-c2nnc(SCC(=O)N/N=C/c3ccccc3C(=O)[O-])n2-c2ccc(C)cc2)cc1. The molecule has 0 aliphatic heterocycles. The molecule has 1 heterocycles. The van der Waals surface area contributed by atoms with Gasteiger partial charge in [-0.15, -0.1) is 10.2 Å². The second-order valence-electron chi connectivity index (χ2n) is 7.66. The molecule has 4 rings (SSSR count). The standard InChI is InChI=1S/C26H23N5O4S/c1-17-7-11-20(12-8-17)31-24(18-9-13-21(35-2)14-10-18)29-30-26(31)36-16-23(32)28-27-15-19-5-3-4-6-22(19)25(33)34/h3-15H,16H2,1-2H3,(H,28,32)(H,33,34)/p-1/b27-15+. The number of carboxylic acid groups (broad SMARTS) is 1. The first kappa shape index (κ1) is 24.7. The van der Waals surface area contributed by atoms with Gasteiger partial charge in [-0.25, -0.2) is 5.43 Å². The van der Waals surface area contributed by atoms with Gasteiger partial charge in [0.15, 0.2) is 11.0 Å². The van der Waals surface area contributed by atoms with Crippen molar-refractivity contribution >= 4 is 29.9 Å². The van der Waals surface area contributed by atoms with E-state index < -0.39 is 5.97 Å². The Morgan fingerprint density at radius 1 is 1.06 bits per heavy atom. The molecule has 0 spiro atoms. The van der Waals surface area contributed by atoms with Crippen LogP contribution in [0, 0.1) is 6.92 Å². The van der Waals surface area contributed by atoms with Gasteiger partial charge in [-0.1, -0.05) is 53.7 Å². The maximum Gasteiger partial charge on any atom is 0.250 e. The van der Waals surface area contributed by atoms with Gasteiger partial charge in [0.1, 0.15) is 5.75 Å². The lowest BCUT2D eigenvalue weighted by Gasteiger charge is -2.11. The molecule has 3 aromatic carbocycles. The van der Waals surface area contributed by atoms with Crippen LogP contribution in [0.4, 0.5) is 0 Å². The van der Waals surface area contributed by atoms with Crippen molar-refractivity contribution in [3.63, 3.8) is 0 Å². The Bertz CT molecular complexity index is 1400. The molecule has 4 aromatic rings. The number of rotatable bonds is 9. The average Bonchev–Trinajstić information content (AvgIpc) is 3.32. The lowest BCUT2D eigenvalue weighted by Crippen LogP contribution is -2.24. The number of carbonyl (C=O) groups is 2. The molecule has 0 saturated carbocycles. The molecule has 1 aromatic heterocycles. The molecule has 0 atom stereocenters. The van der Waals surface area contributed by atoms with Crippen molar-refractivity contribution in [2.45, 2.75) is 12.1 Å². The van der Waals surface area contributed by atoms with Crippen LogP contribution in [0.5, 0.6) is 5.75 Å². The summed E-state index contributed by atoms with van der Waals surface area (Å²) >= 11 is 1.21. The number of nitrogens with one attached hydrogen (secondary N) is 1. The van der Waals surface area contributed by atoms with E-state index in [0.29, 0.717) is 16.5 Å². The van der Waals surface area contributed by atoms with Crippen molar-refractivity contribution in [1.82, 2.24) is 20.2 Å². The zero-order valence-electron chi connectivity index (χ0n) is 19.5. The summed E-state index contributed by atoms with van der Waals surface area (Å²) < 4.78 is 7.13. The molecule has 9 nitrogen and oxygen atoms in total. The number of hydrazone groups is 1. The summed E-state index contributed by atoms with van der Waals surface area (Å²) in [7, 11) is 1.61. The van der Waals surface area contributed by atoms with Crippen LogP contribution in [-0.2, 0) is 4.79 Å². The van der Waals surface area contributed by atoms with Crippen LogP contribution in [0.15, 0.2) is 83.1 Å². The third kappa shape index (κ3) is 5.78. The quantitative estimate of drug-likeness (QED) is 0.213. The van der Waals surface area contributed by atoms with Gasteiger partial charge in [-0.3, -0.25) is 9.36 Å². The number of hydrogen-bond donors (Lipinski definition) is 1. The minimum Gasteiger partial charge on any atom is -0.545 e. The molecule has 1 N–H and O–H groups in total. The first-order valence-electron chi connectivity index (χ1n) is 10.9. The molecular weight excluding hydrogens is 478 g/mol. The van der Waals surface area contributed by atoms with E-state index in [4.69, 9.17) is 4.74 Å². The molecular formula is C26H22N5O4S-. The summed E-state index contributed by atoms with van der Waals surface area (Å²) in [6.07, 6.45) is 1.27. The number of methoxy groups -OCH3 is 1. The number of aryl methyl sites for hydroxylation is 1. The predicted octanol–water partition coefficient (Wildman–Crippen LogP) is 2.86. The largest absolute Gasteiger partial charge is 0.545 e. The highest BCUT2D eigenvalue weighted by Gasteiger charge is 2.17. The van der Waals surface area contributed by atoms with Gasteiger partial charge < -0.3 is 14.6 Å². The number of thioether (sulfide) groups is 1. The Kier molecular flexibility index (Phi) is 7.76. The fraction of sp³-hybridized carbons (Fsp3) is 0.115. The topological polar surface area (TPSA) is 122 Å². The molecule has 0 radical (unpaired) electrons. The summed E-state index contributed by atoms with van der Waals surface area (Å²) in [5.74, 6) is -0.323. The monoisotopic (exact) mass is 500 g/mol. The van der Waals surface area contributed by atoms with Crippen LogP contribution >= 0.6 is 11.8 Å². The molecule has 36 heavy (non-hydrogen) atoms. The van der Waals surface area contributed by atoms with E-state index in [1.807, 2.05) is 60.0 Å². The summed E-state index contributed by atoms with van der Waals surface area (Å²) in [6.45, 7) is 2.01. The molecule has 0 aliphatic carbocycles. The lowest BCUT2D eigenvalue weighted by atomic mass is 10.1. The molecule has 182 valence electrons. The Labute approximate surface area is 211 Å². The minimum absolute atomic E-state index is 0.0119. The number of carboxylic acids is 1. The summed E-state index contributed by atoms with van der Waals surface area (Å²) in [5, 5.41) is 24.3. The number of carbonyl (C=O) groups excluding carboxylic acids is 2. The number of aromatic carboxylic acids is 1. The maximum absolute atomic E-state index is 12.4. The third-order valence-electron chi connectivity index (χ3n) is 5.18. The molecule has 0 aliphatic rings. The first-order valence-corrected chi connectivity index (χ1v) is 11.9. The number of amides is 1. The van der Waals surface area contributed by atoms with Gasteiger partial charge in [-0.05, 0) is 43.3 Å². The predicted molar refractivity (Wildman–Crippen MR) is 135 cm³/mol. The van der Waals surface area contributed by atoms with E-state index in [9.17, 15) is 14.7 Å². The second-order valence-corrected chi connectivity index (χ2v) is 8.60. The smallest absolute Gasteiger partial charge is 0.250 e. The highest BCUT2D eigenvalue weighted by molar-refractivity contribution is 7.99. The molecule has 0 bridgehead atoms. The van der Waals surface area contributed by atoms with Crippen molar-refractivity contribution in [1.29, 1.82) is 0 Å². The zero-order chi connectivity index (χ0) is 25.5. The number of hydrogen-bond acceptors (Lipinski definition) is 8. The summed E-state index contributed by atoms with van der Waals surface area (Å²) in [4.78, 5) is 23.6. The average molecular weight is 501 g/mol. The van der Waals surface area contributed by atoms with E-state index >= 15 is 0 Å². The van der Waals surface area contributed by atoms with Crippen LogP contribution in [0.1, 0.15) is 21.5 Å². The van der Waals surface area contributed by atoms with E-state index in [1.165, 1.54) is 24.0 Å². The van der Waals surface area contributed by atoms with E-state index in [-0.39, 0.29) is 17.2 Å². The van der Waals surface area contributed by atoms with Crippen molar-refractivity contribution in [2.24, 2.45) is 5.10 Å². The third-order valence-corrected chi connectivity index (χ3v) is 6.11. The Morgan fingerprint density at radius 2 is 1.78 bits per heavy atom. The van der Waals surface area contributed by atoms with Crippen LogP contribution in [-0.4, -0.2) is 45.7 Å². The fourth-order valence-corrected chi connectivity index (χ4v) is 4.09. The van der Waals surface area contributed by atoms with Crippen LogP contribution < -0.4 is 15.3 Å². The van der Waals surface area contributed by atoms with Crippen molar-refractivity contribution in [2.75, 3.05) is 12.9 Å². The van der Waals surface area contributed by atoms with Gasteiger partial charge >= 0.3 is 0 Å². The van der Waals surface area contributed by atoms with Crippen molar-refractivity contribution < 1.29 is 19.4 Å². The van der Waals surface area contributed by atoms with E-state index in [2.05, 4.69) is 20.7 Å². The first-order chi connectivity index (χ1) is 17.5. The maximum atomic E-state index is 12.4. The van der Waals surface area contributed by atoms with Crippen LogP contribution in [0.2, 0.25) is 0 Å². The van der Waals surface area contributed by atoms with Gasteiger partial charge in [0, 0.05) is 22.4 Å². The molecule has 1 amide bonds. The highest BCUT2D eigenvalue weighted by atomic mass is 32.2. The Hall–Kier alpha value is -4.44. The molecule has 0 fully saturated rings. The van der Waals surface area contributed by atoms with Gasteiger partial charge in [0.25, 0.3) is 5.91 Å². The van der Waals surface area contributed by atoms with Gasteiger partial charge in [0.05, 0.1) is 25.0 Å². The van der Waals surface area contributed by atoms with Crippen LogP contribution in [0.25, 0.3) is 17.1 Å². The molecule has 0 saturated heterocycles. The Balaban J connectivity index is 1.51. The summed E-state index contributed by atoms with van der Waals surface area (Å²) in [5.41, 5.74) is 5.54. The van der Waals surface area contributed by atoms with Crippen molar-refractivity contribution in [3.8, 4) is 22.8 Å². The minimum atomic E-state index is -1.32. The van der Waals surface area contributed by atoms with Gasteiger partial charge in [-0.2, -0.15) is 5.10 Å². The van der Waals surface area contributed by atoms with E-state index in [0.717, 1.165) is 22.6 Å².